The van der Waals surface area contributed by atoms with E-state index in [1.165, 1.54) is 0 Å². The minimum absolute atomic E-state index is 0.105. The number of fused-ring (bicyclic) bond motifs is 2. The zero-order valence-electron chi connectivity index (χ0n) is 11.1. The standard InChI is InChI=1S/C14H13N3O2S2/c18-21(19)7-12-13(8-21)17(14(20)16-12)10-3-4-11-9(6-10)2-1-5-15-11/h1-6,12-13H,7-8H2,(H,16,20)/t12-,13+/m0/s1. The molecule has 0 saturated carbocycles. The van der Waals surface area contributed by atoms with Gasteiger partial charge in [0.15, 0.2) is 14.9 Å². The van der Waals surface area contributed by atoms with Gasteiger partial charge in [0.1, 0.15) is 0 Å². The van der Waals surface area contributed by atoms with Crippen molar-refractivity contribution in [2.75, 3.05) is 16.4 Å². The maximum Gasteiger partial charge on any atom is 0.174 e. The number of nitrogens with one attached hydrogen (secondary N) is 1. The van der Waals surface area contributed by atoms with Crippen molar-refractivity contribution < 1.29 is 8.42 Å². The highest BCUT2D eigenvalue weighted by atomic mass is 32.2. The van der Waals surface area contributed by atoms with Gasteiger partial charge in [-0.3, -0.25) is 4.98 Å². The summed E-state index contributed by atoms with van der Waals surface area (Å²) >= 11 is 5.38. The van der Waals surface area contributed by atoms with Crippen molar-refractivity contribution in [3.63, 3.8) is 0 Å². The van der Waals surface area contributed by atoms with Crippen molar-refractivity contribution in [2.24, 2.45) is 0 Å². The number of rotatable bonds is 1. The molecule has 0 spiro atoms. The first-order chi connectivity index (χ1) is 10.0. The predicted molar refractivity (Wildman–Crippen MR) is 86.2 cm³/mol. The van der Waals surface area contributed by atoms with Crippen LogP contribution in [0.3, 0.4) is 0 Å². The van der Waals surface area contributed by atoms with Crippen molar-refractivity contribution in [1.29, 1.82) is 0 Å². The van der Waals surface area contributed by atoms with E-state index in [2.05, 4.69) is 10.3 Å². The van der Waals surface area contributed by atoms with Gasteiger partial charge < -0.3 is 10.2 Å². The quantitative estimate of drug-likeness (QED) is 0.794. The highest BCUT2D eigenvalue weighted by Gasteiger charge is 2.47. The Morgan fingerprint density at radius 3 is 3.00 bits per heavy atom. The number of sulfone groups is 1. The van der Waals surface area contributed by atoms with E-state index in [9.17, 15) is 8.42 Å². The molecule has 0 unspecified atom stereocenters. The number of hydrogen-bond acceptors (Lipinski definition) is 4. The number of thiocarbonyl (C=S) groups is 1. The largest absolute Gasteiger partial charge is 0.356 e. The topological polar surface area (TPSA) is 62.3 Å². The van der Waals surface area contributed by atoms with Crippen LogP contribution >= 0.6 is 12.2 Å². The fraction of sp³-hybridized carbons (Fsp3) is 0.286. The predicted octanol–water partition coefficient (Wildman–Crippen LogP) is 1.09. The second kappa shape index (κ2) is 4.38. The van der Waals surface area contributed by atoms with Gasteiger partial charge in [0.25, 0.3) is 0 Å². The average molecular weight is 319 g/mol. The van der Waals surface area contributed by atoms with Crippen LogP contribution in [0.1, 0.15) is 0 Å². The highest BCUT2D eigenvalue weighted by Crippen LogP contribution is 2.31. The van der Waals surface area contributed by atoms with E-state index in [4.69, 9.17) is 12.2 Å². The average Bonchev–Trinajstić information content (AvgIpc) is 2.88. The minimum atomic E-state index is -2.99. The van der Waals surface area contributed by atoms with Crippen molar-refractivity contribution in [2.45, 2.75) is 12.1 Å². The van der Waals surface area contributed by atoms with E-state index in [0.29, 0.717) is 5.11 Å². The van der Waals surface area contributed by atoms with E-state index in [-0.39, 0.29) is 23.6 Å². The molecular weight excluding hydrogens is 306 g/mol. The fourth-order valence-electron chi connectivity index (χ4n) is 3.12. The Balaban J connectivity index is 1.78. The zero-order chi connectivity index (χ0) is 14.6. The third-order valence-corrected chi connectivity index (χ3v) is 6.08. The Morgan fingerprint density at radius 1 is 1.29 bits per heavy atom. The number of aromatic nitrogens is 1. The molecule has 0 amide bonds. The number of anilines is 1. The van der Waals surface area contributed by atoms with E-state index in [1.54, 1.807) is 6.20 Å². The molecule has 2 saturated heterocycles. The van der Waals surface area contributed by atoms with E-state index < -0.39 is 9.84 Å². The molecule has 2 aliphatic heterocycles. The van der Waals surface area contributed by atoms with Crippen molar-refractivity contribution in [3.8, 4) is 0 Å². The summed E-state index contributed by atoms with van der Waals surface area (Å²) in [7, 11) is -2.99. The van der Waals surface area contributed by atoms with E-state index in [1.807, 2.05) is 35.2 Å². The molecule has 2 aliphatic rings. The summed E-state index contributed by atoms with van der Waals surface area (Å²) in [6.07, 6.45) is 1.75. The molecule has 2 fully saturated rings. The van der Waals surface area contributed by atoms with Crippen LogP contribution in [0.4, 0.5) is 5.69 Å². The lowest BCUT2D eigenvalue weighted by atomic mass is 10.1. The fourth-order valence-corrected chi connectivity index (χ4v) is 5.40. The summed E-state index contributed by atoms with van der Waals surface area (Å²) in [4.78, 5) is 6.22. The van der Waals surface area contributed by atoms with Crippen LogP contribution in [0.2, 0.25) is 0 Å². The Bertz CT molecular complexity index is 850. The molecule has 1 aromatic carbocycles. The molecule has 4 rings (SSSR count). The van der Waals surface area contributed by atoms with Gasteiger partial charge in [0.05, 0.1) is 29.1 Å². The van der Waals surface area contributed by atoms with Crippen molar-refractivity contribution in [3.05, 3.63) is 36.5 Å². The molecule has 2 atom stereocenters. The summed E-state index contributed by atoms with van der Waals surface area (Å²) in [6.45, 7) is 0. The first kappa shape index (κ1) is 13.0. The molecule has 0 bridgehead atoms. The van der Waals surface area contributed by atoms with Crippen LogP contribution in [0.25, 0.3) is 10.9 Å². The Kier molecular flexibility index (Phi) is 2.71. The molecule has 0 radical (unpaired) electrons. The van der Waals surface area contributed by atoms with Gasteiger partial charge in [-0.05, 0) is 36.5 Å². The first-order valence-corrected chi connectivity index (χ1v) is 8.91. The third-order valence-electron chi connectivity index (χ3n) is 4.05. The van der Waals surface area contributed by atoms with Crippen LogP contribution in [0.15, 0.2) is 36.5 Å². The van der Waals surface area contributed by atoms with E-state index >= 15 is 0 Å². The van der Waals surface area contributed by atoms with Gasteiger partial charge in [-0.2, -0.15) is 0 Å². The smallest absolute Gasteiger partial charge is 0.174 e. The molecule has 1 N–H and O–H groups in total. The molecule has 21 heavy (non-hydrogen) atoms. The van der Waals surface area contributed by atoms with Gasteiger partial charge in [-0.1, -0.05) is 6.07 Å². The van der Waals surface area contributed by atoms with Gasteiger partial charge >= 0.3 is 0 Å². The molecular formula is C14H13N3O2S2. The monoisotopic (exact) mass is 319 g/mol. The molecule has 7 heteroatoms. The van der Waals surface area contributed by atoms with Crippen LogP contribution in [-0.2, 0) is 9.84 Å². The molecule has 5 nitrogen and oxygen atoms in total. The van der Waals surface area contributed by atoms with E-state index in [0.717, 1.165) is 16.6 Å². The number of benzene rings is 1. The highest BCUT2D eigenvalue weighted by molar-refractivity contribution is 7.91. The van der Waals surface area contributed by atoms with Crippen LogP contribution < -0.4 is 10.2 Å². The zero-order valence-corrected chi connectivity index (χ0v) is 12.7. The van der Waals surface area contributed by atoms with Gasteiger partial charge in [0, 0.05) is 17.3 Å². The SMILES string of the molecule is O=S1(=O)C[C@@H]2NC(=S)N(c3ccc4ncccc4c3)[C@@H]2C1. The summed E-state index contributed by atoms with van der Waals surface area (Å²) in [6, 6.07) is 9.53. The number of nitrogens with zero attached hydrogens (tertiary/aromatic N) is 2. The van der Waals surface area contributed by atoms with Crippen LogP contribution in [-0.4, -0.2) is 42.1 Å². The molecule has 2 aromatic rings. The second-order valence-electron chi connectivity index (χ2n) is 5.45. The summed E-state index contributed by atoms with van der Waals surface area (Å²) in [5.74, 6) is 0.305. The number of hydrogen-bond donors (Lipinski definition) is 1. The van der Waals surface area contributed by atoms with Crippen LogP contribution in [0, 0.1) is 0 Å². The van der Waals surface area contributed by atoms with Crippen molar-refractivity contribution in [1.82, 2.24) is 10.3 Å². The second-order valence-corrected chi connectivity index (χ2v) is 7.99. The summed E-state index contributed by atoms with van der Waals surface area (Å²) in [5, 5.41) is 4.75. The molecule has 3 heterocycles. The van der Waals surface area contributed by atoms with Crippen molar-refractivity contribution >= 4 is 43.8 Å². The molecule has 1 aromatic heterocycles. The lowest BCUT2D eigenvalue weighted by Crippen LogP contribution is -2.36. The van der Waals surface area contributed by atoms with Gasteiger partial charge in [-0.25, -0.2) is 8.42 Å². The third kappa shape index (κ3) is 2.08. The summed E-state index contributed by atoms with van der Waals surface area (Å²) in [5.41, 5.74) is 1.83. The lowest BCUT2D eigenvalue weighted by Gasteiger charge is -2.23. The molecule has 0 aliphatic carbocycles. The first-order valence-electron chi connectivity index (χ1n) is 6.68. The van der Waals surface area contributed by atoms with Gasteiger partial charge in [-0.15, -0.1) is 0 Å². The Morgan fingerprint density at radius 2 is 2.14 bits per heavy atom. The van der Waals surface area contributed by atoms with Gasteiger partial charge in [0.2, 0.25) is 0 Å². The van der Waals surface area contributed by atoms with Crippen LogP contribution in [0.5, 0.6) is 0 Å². The maximum absolute atomic E-state index is 11.8. The Labute approximate surface area is 127 Å². The number of pyridine rings is 1. The normalized spacial score (nSPS) is 26.9. The Hall–Kier alpha value is -1.73. The molecule has 108 valence electrons. The summed E-state index contributed by atoms with van der Waals surface area (Å²) < 4.78 is 23.6. The minimum Gasteiger partial charge on any atom is -0.356 e. The lowest BCUT2D eigenvalue weighted by molar-refractivity contribution is 0.600. The maximum atomic E-state index is 11.8.